The Labute approximate surface area is 132 Å². The van der Waals surface area contributed by atoms with E-state index in [4.69, 9.17) is 9.47 Å². The van der Waals surface area contributed by atoms with E-state index in [0.29, 0.717) is 5.92 Å². The van der Waals surface area contributed by atoms with Crippen molar-refractivity contribution in [2.24, 2.45) is 0 Å². The molecule has 1 aliphatic rings. The fourth-order valence-electron chi connectivity index (χ4n) is 3.30. The molecule has 0 saturated heterocycles. The zero-order valence-electron chi connectivity index (χ0n) is 13.4. The molecule has 2 aromatic carbocycles. The lowest BCUT2D eigenvalue weighted by atomic mass is 9.82. The van der Waals surface area contributed by atoms with Crippen LogP contribution in [0.1, 0.15) is 42.0 Å². The van der Waals surface area contributed by atoms with Crippen LogP contribution in [0.25, 0.3) is 0 Å². The van der Waals surface area contributed by atoms with Crippen LogP contribution in [0.15, 0.2) is 42.5 Å². The standard InChI is InChI=1S/C19H23NO2/c1-4-13-12-20-19(14-8-6-5-7-9-14)16-11-18(22-3)17(21-2)10-15(13)16/h5-11,13,19-20H,4,12H2,1-3H3/t13-,19+/m0/s1. The molecule has 0 unspecified atom stereocenters. The first-order valence-corrected chi connectivity index (χ1v) is 7.82. The van der Waals surface area contributed by atoms with Crippen molar-refractivity contribution >= 4 is 0 Å². The molecule has 2 aromatic rings. The molecule has 3 nitrogen and oxygen atoms in total. The van der Waals surface area contributed by atoms with E-state index in [0.717, 1.165) is 24.5 Å². The summed E-state index contributed by atoms with van der Waals surface area (Å²) in [4.78, 5) is 0. The molecule has 0 aromatic heterocycles. The zero-order valence-corrected chi connectivity index (χ0v) is 13.4. The molecule has 0 amide bonds. The highest BCUT2D eigenvalue weighted by molar-refractivity contribution is 5.52. The highest BCUT2D eigenvalue weighted by Crippen LogP contribution is 2.41. The lowest BCUT2D eigenvalue weighted by Gasteiger charge is -2.33. The van der Waals surface area contributed by atoms with E-state index in [9.17, 15) is 0 Å². The van der Waals surface area contributed by atoms with Gasteiger partial charge in [-0.3, -0.25) is 0 Å². The Bertz CT molecular complexity index is 639. The van der Waals surface area contributed by atoms with Gasteiger partial charge < -0.3 is 14.8 Å². The molecular formula is C19H23NO2. The summed E-state index contributed by atoms with van der Waals surface area (Å²) in [6.07, 6.45) is 1.11. The summed E-state index contributed by atoms with van der Waals surface area (Å²) in [6.45, 7) is 3.22. The lowest BCUT2D eigenvalue weighted by molar-refractivity contribution is 0.351. The van der Waals surface area contributed by atoms with Gasteiger partial charge in [0, 0.05) is 6.54 Å². The predicted molar refractivity (Wildman–Crippen MR) is 88.9 cm³/mol. The highest BCUT2D eigenvalue weighted by Gasteiger charge is 2.28. The molecule has 1 aliphatic heterocycles. The Morgan fingerprint density at radius 3 is 2.23 bits per heavy atom. The zero-order chi connectivity index (χ0) is 15.5. The molecule has 1 heterocycles. The van der Waals surface area contributed by atoms with Crippen LogP contribution in [0, 0.1) is 0 Å². The van der Waals surface area contributed by atoms with Gasteiger partial charge in [0.25, 0.3) is 0 Å². The normalized spacial score (nSPS) is 20.3. The van der Waals surface area contributed by atoms with Crippen molar-refractivity contribution < 1.29 is 9.47 Å². The van der Waals surface area contributed by atoms with Crippen molar-refractivity contribution in [1.82, 2.24) is 5.32 Å². The van der Waals surface area contributed by atoms with Gasteiger partial charge in [0.2, 0.25) is 0 Å². The third kappa shape index (κ3) is 2.57. The van der Waals surface area contributed by atoms with Gasteiger partial charge in [0.1, 0.15) is 0 Å². The molecule has 1 N–H and O–H groups in total. The molecule has 0 fully saturated rings. The Morgan fingerprint density at radius 2 is 1.64 bits per heavy atom. The first kappa shape index (κ1) is 14.9. The quantitative estimate of drug-likeness (QED) is 0.928. The van der Waals surface area contributed by atoms with E-state index in [1.807, 2.05) is 0 Å². The van der Waals surface area contributed by atoms with Gasteiger partial charge in [0.05, 0.1) is 20.3 Å². The van der Waals surface area contributed by atoms with Gasteiger partial charge in [-0.1, -0.05) is 37.3 Å². The van der Waals surface area contributed by atoms with E-state index in [-0.39, 0.29) is 6.04 Å². The summed E-state index contributed by atoms with van der Waals surface area (Å²) in [7, 11) is 3.39. The number of rotatable bonds is 4. The molecule has 22 heavy (non-hydrogen) atoms. The van der Waals surface area contributed by atoms with Crippen LogP contribution in [-0.4, -0.2) is 20.8 Å². The van der Waals surface area contributed by atoms with E-state index >= 15 is 0 Å². The highest BCUT2D eigenvalue weighted by atomic mass is 16.5. The number of fused-ring (bicyclic) bond motifs is 1. The third-order valence-corrected chi connectivity index (χ3v) is 4.53. The van der Waals surface area contributed by atoms with Crippen molar-refractivity contribution in [3.8, 4) is 11.5 Å². The molecule has 0 radical (unpaired) electrons. The summed E-state index contributed by atoms with van der Waals surface area (Å²) >= 11 is 0. The molecule has 3 rings (SSSR count). The fraction of sp³-hybridized carbons (Fsp3) is 0.368. The number of methoxy groups -OCH3 is 2. The summed E-state index contributed by atoms with van der Waals surface area (Å²) in [5.41, 5.74) is 3.94. The summed E-state index contributed by atoms with van der Waals surface area (Å²) < 4.78 is 11.0. The van der Waals surface area contributed by atoms with Crippen LogP contribution >= 0.6 is 0 Å². The number of ether oxygens (including phenoxy) is 2. The maximum absolute atomic E-state index is 5.50. The largest absolute Gasteiger partial charge is 0.493 e. The number of hydrogen-bond acceptors (Lipinski definition) is 3. The van der Waals surface area contributed by atoms with E-state index in [1.54, 1.807) is 14.2 Å². The molecular weight excluding hydrogens is 274 g/mol. The van der Waals surface area contributed by atoms with Crippen molar-refractivity contribution in [3.05, 3.63) is 59.2 Å². The van der Waals surface area contributed by atoms with Crippen LogP contribution in [-0.2, 0) is 0 Å². The Balaban J connectivity index is 2.13. The molecule has 3 heteroatoms. The van der Waals surface area contributed by atoms with Crippen LogP contribution < -0.4 is 14.8 Å². The second-order valence-corrected chi connectivity index (χ2v) is 5.69. The average Bonchev–Trinajstić information content (AvgIpc) is 2.60. The van der Waals surface area contributed by atoms with E-state index < -0.39 is 0 Å². The number of hydrogen-bond donors (Lipinski definition) is 1. The summed E-state index contributed by atoms with van der Waals surface area (Å²) in [5.74, 6) is 2.11. The van der Waals surface area contributed by atoms with Gasteiger partial charge in [0.15, 0.2) is 11.5 Å². The van der Waals surface area contributed by atoms with Crippen LogP contribution in [0.4, 0.5) is 0 Å². The topological polar surface area (TPSA) is 30.5 Å². The van der Waals surface area contributed by atoms with Gasteiger partial charge >= 0.3 is 0 Å². The average molecular weight is 297 g/mol. The second kappa shape index (κ2) is 6.41. The molecule has 0 bridgehead atoms. The van der Waals surface area contributed by atoms with Gasteiger partial charge in [-0.25, -0.2) is 0 Å². The van der Waals surface area contributed by atoms with Gasteiger partial charge in [-0.15, -0.1) is 0 Å². The minimum absolute atomic E-state index is 0.207. The first-order chi connectivity index (χ1) is 10.8. The first-order valence-electron chi connectivity index (χ1n) is 7.82. The Hall–Kier alpha value is -2.00. The van der Waals surface area contributed by atoms with Crippen molar-refractivity contribution in [2.45, 2.75) is 25.3 Å². The van der Waals surface area contributed by atoms with Crippen LogP contribution in [0.2, 0.25) is 0 Å². The second-order valence-electron chi connectivity index (χ2n) is 5.69. The summed E-state index contributed by atoms with van der Waals surface area (Å²) in [5, 5.41) is 3.69. The van der Waals surface area contributed by atoms with Crippen molar-refractivity contribution in [1.29, 1.82) is 0 Å². The number of nitrogens with one attached hydrogen (secondary N) is 1. The molecule has 116 valence electrons. The van der Waals surface area contributed by atoms with Gasteiger partial charge in [-0.2, -0.15) is 0 Å². The molecule has 0 aliphatic carbocycles. The van der Waals surface area contributed by atoms with Crippen molar-refractivity contribution in [3.63, 3.8) is 0 Å². The SMILES string of the molecule is CC[C@H]1CN[C@H](c2ccccc2)c2cc(OC)c(OC)cc21. The van der Waals surface area contributed by atoms with Crippen LogP contribution in [0.3, 0.4) is 0 Å². The monoisotopic (exact) mass is 297 g/mol. The van der Waals surface area contributed by atoms with Crippen LogP contribution in [0.5, 0.6) is 11.5 Å². The lowest BCUT2D eigenvalue weighted by Crippen LogP contribution is -2.33. The van der Waals surface area contributed by atoms with E-state index in [1.165, 1.54) is 16.7 Å². The minimum Gasteiger partial charge on any atom is -0.493 e. The maximum atomic E-state index is 5.50. The van der Waals surface area contributed by atoms with E-state index in [2.05, 4.69) is 54.7 Å². The molecule has 0 spiro atoms. The maximum Gasteiger partial charge on any atom is 0.161 e. The van der Waals surface area contributed by atoms with Gasteiger partial charge in [-0.05, 0) is 41.2 Å². The predicted octanol–water partition coefficient (Wildman–Crippen LogP) is 3.89. The smallest absolute Gasteiger partial charge is 0.161 e. The fourth-order valence-corrected chi connectivity index (χ4v) is 3.30. The van der Waals surface area contributed by atoms with Crippen molar-refractivity contribution in [2.75, 3.05) is 20.8 Å². The Morgan fingerprint density at radius 1 is 1.00 bits per heavy atom. The molecule has 0 saturated carbocycles. The summed E-state index contributed by atoms with van der Waals surface area (Å²) in [6, 6.07) is 15.1. The minimum atomic E-state index is 0.207. The third-order valence-electron chi connectivity index (χ3n) is 4.53. The Kier molecular flexibility index (Phi) is 4.34. The molecule has 2 atom stereocenters. The number of benzene rings is 2.